The van der Waals surface area contributed by atoms with Crippen LogP contribution in [0.25, 0.3) is 0 Å². The third kappa shape index (κ3) is 5.29. The van der Waals surface area contributed by atoms with Gasteiger partial charge in [-0.05, 0) is 24.7 Å². The van der Waals surface area contributed by atoms with Gasteiger partial charge in [0, 0.05) is 0 Å². The average molecular weight is 155 g/mol. The molecule has 0 aliphatic rings. The largest absolute Gasteiger partial charge is 0.0654 e. The van der Waals surface area contributed by atoms with Crippen molar-refractivity contribution in [1.29, 1.82) is 0 Å². The van der Waals surface area contributed by atoms with E-state index in [1.54, 1.807) is 0 Å². The Balaban J connectivity index is 3.51. The molecule has 0 fully saturated rings. The Morgan fingerprint density at radius 1 is 1.27 bits per heavy atom. The van der Waals surface area contributed by atoms with Crippen LogP contribution < -0.4 is 0 Å². The zero-order chi connectivity index (χ0) is 8.69. The highest BCUT2D eigenvalue weighted by molar-refractivity contribution is 4.69. The van der Waals surface area contributed by atoms with Crippen LogP contribution >= 0.6 is 0 Å². The molecule has 0 saturated heterocycles. The fourth-order valence-corrected chi connectivity index (χ4v) is 1.49. The van der Waals surface area contributed by atoms with Gasteiger partial charge >= 0.3 is 0 Å². The van der Waals surface area contributed by atoms with Crippen molar-refractivity contribution in [2.75, 3.05) is 0 Å². The van der Waals surface area contributed by atoms with Crippen molar-refractivity contribution in [3.05, 3.63) is 6.42 Å². The lowest BCUT2D eigenvalue weighted by Gasteiger charge is -2.19. The first-order valence-electron chi connectivity index (χ1n) is 5.00. The standard InChI is InChI=1S/C11H23/c1-5-7-9-11(8-6-2)10(3)4/h6,10-11H,5,7-9H2,1-4H3. The third-order valence-electron chi connectivity index (χ3n) is 2.41. The second-order valence-corrected chi connectivity index (χ2v) is 3.79. The van der Waals surface area contributed by atoms with E-state index in [9.17, 15) is 0 Å². The Morgan fingerprint density at radius 3 is 2.27 bits per heavy atom. The van der Waals surface area contributed by atoms with Crippen molar-refractivity contribution < 1.29 is 0 Å². The number of rotatable bonds is 6. The Kier molecular flexibility index (Phi) is 6.69. The molecule has 0 heterocycles. The summed E-state index contributed by atoms with van der Waals surface area (Å²) >= 11 is 0. The highest BCUT2D eigenvalue weighted by atomic mass is 14.2. The quantitative estimate of drug-likeness (QED) is 0.542. The molecule has 0 aromatic carbocycles. The van der Waals surface area contributed by atoms with E-state index in [2.05, 4.69) is 34.1 Å². The topological polar surface area (TPSA) is 0 Å². The van der Waals surface area contributed by atoms with Gasteiger partial charge in [-0.15, -0.1) is 0 Å². The van der Waals surface area contributed by atoms with Crippen LogP contribution in [0.5, 0.6) is 0 Å². The van der Waals surface area contributed by atoms with E-state index in [0.717, 1.165) is 11.8 Å². The number of hydrogen-bond donors (Lipinski definition) is 0. The minimum absolute atomic E-state index is 0.859. The highest BCUT2D eigenvalue weighted by Gasteiger charge is 2.10. The summed E-state index contributed by atoms with van der Waals surface area (Å²) < 4.78 is 0. The second-order valence-electron chi connectivity index (χ2n) is 3.79. The summed E-state index contributed by atoms with van der Waals surface area (Å²) in [6, 6.07) is 0. The van der Waals surface area contributed by atoms with Gasteiger partial charge in [0.05, 0.1) is 0 Å². The van der Waals surface area contributed by atoms with Crippen LogP contribution in [0.15, 0.2) is 0 Å². The highest BCUT2D eigenvalue weighted by Crippen LogP contribution is 2.22. The molecule has 0 saturated carbocycles. The smallest absolute Gasteiger partial charge is 0.0388 e. The van der Waals surface area contributed by atoms with Crippen LogP contribution in [0.3, 0.4) is 0 Å². The molecule has 0 spiro atoms. The van der Waals surface area contributed by atoms with Crippen molar-refractivity contribution in [3.8, 4) is 0 Å². The van der Waals surface area contributed by atoms with Gasteiger partial charge in [-0.3, -0.25) is 0 Å². The molecule has 0 nitrogen and oxygen atoms in total. The van der Waals surface area contributed by atoms with Crippen LogP contribution in [-0.2, 0) is 0 Å². The summed E-state index contributed by atoms with van der Waals surface area (Å²) in [4.78, 5) is 0. The molecule has 67 valence electrons. The van der Waals surface area contributed by atoms with Crippen molar-refractivity contribution in [2.45, 2.75) is 53.4 Å². The molecule has 11 heavy (non-hydrogen) atoms. The Hall–Kier alpha value is 0. The maximum absolute atomic E-state index is 2.34. The van der Waals surface area contributed by atoms with Crippen LogP contribution in [0.2, 0.25) is 0 Å². The van der Waals surface area contributed by atoms with Crippen molar-refractivity contribution in [1.82, 2.24) is 0 Å². The van der Waals surface area contributed by atoms with E-state index >= 15 is 0 Å². The van der Waals surface area contributed by atoms with Gasteiger partial charge in [-0.1, -0.05) is 47.0 Å². The zero-order valence-electron chi connectivity index (χ0n) is 8.56. The monoisotopic (exact) mass is 155 g/mol. The third-order valence-corrected chi connectivity index (χ3v) is 2.41. The molecule has 0 N–H and O–H groups in total. The fourth-order valence-electron chi connectivity index (χ4n) is 1.49. The van der Waals surface area contributed by atoms with E-state index in [0.29, 0.717) is 0 Å². The van der Waals surface area contributed by atoms with Gasteiger partial charge in [0.25, 0.3) is 0 Å². The molecule has 0 aliphatic heterocycles. The molecule has 0 rings (SSSR count). The van der Waals surface area contributed by atoms with Gasteiger partial charge in [0.15, 0.2) is 0 Å². The average Bonchev–Trinajstić information content (AvgIpc) is 1.97. The summed E-state index contributed by atoms with van der Waals surface area (Å²) in [5.74, 6) is 1.79. The summed E-state index contributed by atoms with van der Waals surface area (Å²) in [5.41, 5.74) is 0. The van der Waals surface area contributed by atoms with Crippen LogP contribution in [0.1, 0.15) is 53.4 Å². The maximum Gasteiger partial charge on any atom is -0.0388 e. The summed E-state index contributed by atoms with van der Waals surface area (Å²) in [6.07, 6.45) is 7.76. The molecule has 0 amide bonds. The first-order chi connectivity index (χ1) is 5.22. The van der Waals surface area contributed by atoms with Crippen molar-refractivity contribution in [3.63, 3.8) is 0 Å². The molecule has 1 unspecified atom stereocenters. The second kappa shape index (κ2) is 6.69. The molecule has 0 heteroatoms. The van der Waals surface area contributed by atoms with Crippen molar-refractivity contribution >= 4 is 0 Å². The Labute approximate surface area is 72.4 Å². The lowest BCUT2D eigenvalue weighted by Crippen LogP contribution is -2.08. The SMILES string of the molecule is C[CH]CC(CCCC)C(C)C. The molecule has 0 aliphatic carbocycles. The normalized spacial score (nSPS) is 13.9. The van der Waals surface area contributed by atoms with E-state index in [4.69, 9.17) is 0 Å². The van der Waals surface area contributed by atoms with Crippen LogP contribution in [-0.4, -0.2) is 0 Å². The van der Waals surface area contributed by atoms with Gasteiger partial charge in [0.1, 0.15) is 0 Å². The molecule has 0 aromatic rings. The molecule has 0 bridgehead atoms. The lowest BCUT2D eigenvalue weighted by molar-refractivity contribution is 0.345. The number of unbranched alkanes of at least 4 members (excludes halogenated alkanes) is 1. The van der Waals surface area contributed by atoms with E-state index in [-0.39, 0.29) is 0 Å². The Bertz CT molecular complexity index is 74.1. The van der Waals surface area contributed by atoms with Gasteiger partial charge in [-0.25, -0.2) is 0 Å². The maximum atomic E-state index is 2.34. The molecule has 1 atom stereocenters. The van der Waals surface area contributed by atoms with Gasteiger partial charge < -0.3 is 0 Å². The van der Waals surface area contributed by atoms with Crippen LogP contribution in [0, 0.1) is 18.3 Å². The van der Waals surface area contributed by atoms with Gasteiger partial charge in [-0.2, -0.15) is 0 Å². The summed E-state index contributed by atoms with van der Waals surface area (Å²) in [5, 5.41) is 0. The summed E-state index contributed by atoms with van der Waals surface area (Å²) in [6.45, 7) is 9.11. The molecular weight excluding hydrogens is 132 g/mol. The molecule has 1 radical (unpaired) electrons. The Morgan fingerprint density at radius 2 is 1.91 bits per heavy atom. The van der Waals surface area contributed by atoms with E-state index < -0.39 is 0 Å². The van der Waals surface area contributed by atoms with E-state index in [1.807, 2.05) is 0 Å². The minimum atomic E-state index is 0.859. The number of hydrogen-bond acceptors (Lipinski definition) is 0. The summed E-state index contributed by atoms with van der Waals surface area (Å²) in [7, 11) is 0. The predicted octanol–water partition coefficient (Wildman–Crippen LogP) is 4.06. The van der Waals surface area contributed by atoms with Crippen LogP contribution in [0.4, 0.5) is 0 Å². The zero-order valence-corrected chi connectivity index (χ0v) is 8.56. The predicted molar refractivity (Wildman–Crippen MR) is 52.4 cm³/mol. The van der Waals surface area contributed by atoms with Gasteiger partial charge in [0.2, 0.25) is 0 Å². The first-order valence-corrected chi connectivity index (χ1v) is 5.00. The fraction of sp³-hybridized carbons (Fsp3) is 0.909. The molecular formula is C11H23. The van der Waals surface area contributed by atoms with Crippen molar-refractivity contribution in [2.24, 2.45) is 11.8 Å². The lowest BCUT2D eigenvalue weighted by atomic mass is 9.87. The molecule has 0 aromatic heterocycles. The first kappa shape index (κ1) is 11.0. The van der Waals surface area contributed by atoms with E-state index in [1.165, 1.54) is 25.7 Å². The minimum Gasteiger partial charge on any atom is -0.0654 e.